The van der Waals surface area contributed by atoms with Gasteiger partial charge in [0.05, 0.1) is 33.5 Å². The maximum atomic E-state index is 4.92. The third kappa shape index (κ3) is 5.36. The number of para-hydroxylation sites is 1. The molecule has 9 rings (SSSR count). The summed E-state index contributed by atoms with van der Waals surface area (Å²) in [7, 11) is 0. The van der Waals surface area contributed by atoms with Crippen LogP contribution in [0.1, 0.15) is 39.1 Å². The van der Waals surface area contributed by atoms with Gasteiger partial charge in [0.15, 0.2) is 0 Å². The Balaban J connectivity index is 1.22. The summed E-state index contributed by atoms with van der Waals surface area (Å²) in [5, 5.41) is 6.97. The molecule has 5 heterocycles. The van der Waals surface area contributed by atoms with Crippen LogP contribution < -0.4 is 0 Å². The normalized spacial score (nSPS) is 16.8. The zero-order chi connectivity index (χ0) is 33.3. The van der Waals surface area contributed by atoms with Crippen LogP contribution in [0.25, 0.3) is 60.5 Å². The Morgan fingerprint density at radius 2 is 1.14 bits per heavy atom. The average Bonchev–Trinajstić information content (AvgIpc) is 3.79. The monoisotopic (exact) mass is 673 g/mol. The van der Waals surface area contributed by atoms with Crippen LogP contribution in [0.3, 0.4) is 0 Å². The van der Waals surface area contributed by atoms with Gasteiger partial charge in [0.1, 0.15) is 10.1 Å². The number of fused-ring (bicyclic) bond motifs is 5. The van der Waals surface area contributed by atoms with E-state index in [1.807, 2.05) is 12.4 Å². The number of rotatable bonds is 5. The van der Waals surface area contributed by atoms with Gasteiger partial charge in [-0.05, 0) is 86.0 Å². The number of benzene rings is 4. The molecule has 0 saturated heterocycles. The molecule has 2 aliphatic heterocycles. The maximum absolute atomic E-state index is 4.92. The maximum Gasteiger partial charge on any atom is 0.117 e. The highest BCUT2D eigenvalue weighted by atomic mass is 32.2. The highest BCUT2D eigenvalue weighted by Crippen LogP contribution is 2.42. The number of thioether (sulfide) groups is 2. The van der Waals surface area contributed by atoms with E-state index in [1.54, 1.807) is 23.5 Å². The standard InChI is InChI=1S/C42H35N5S2/c1-41(2)24-48-39(45-41)34-18-15-27(22-43-34)26-14-17-32-36(20-26)47(29-10-6-5-7-11-29)37-21-33(30-12-8-9-13-31(30)38(32)37)28-16-19-35(44-23-28)40-46-42(3,4)25-49-40/h5-23H,24-25H2,1-4H3. The van der Waals surface area contributed by atoms with Crippen LogP contribution in [0.4, 0.5) is 0 Å². The van der Waals surface area contributed by atoms with Crippen molar-refractivity contribution in [2.45, 2.75) is 38.8 Å². The molecular weight excluding hydrogens is 639 g/mol. The van der Waals surface area contributed by atoms with Crippen molar-refractivity contribution in [1.82, 2.24) is 14.5 Å². The third-order valence-corrected chi connectivity index (χ3v) is 12.2. The molecule has 7 aromatic rings. The van der Waals surface area contributed by atoms with Crippen LogP contribution in [-0.4, -0.2) is 47.2 Å². The molecule has 0 N–H and O–H groups in total. The SMILES string of the molecule is CC1(C)CSC(c2ccc(-c3ccc4c5c6ccccc6c(-c6ccc(C7=NC(C)(C)CS7)nc6)cc5n(-c5ccccc5)c4c3)cn2)=N1. The number of nitrogens with zero attached hydrogens (tertiary/aromatic N) is 5. The largest absolute Gasteiger partial charge is 0.309 e. The average molecular weight is 674 g/mol. The summed E-state index contributed by atoms with van der Waals surface area (Å²) < 4.78 is 2.41. The number of aromatic nitrogens is 3. The van der Waals surface area contributed by atoms with Crippen molar-refractivity contribution in [2.24, 2.45) is 9.98 Å². The zero-order valence-corrected chi connectivity index (χ0v) is 29.6. The molecule has 0 atom stereocenters. The van der Waals surface area contributed by atoms with E-state index in [9.17, 15) is 0 Å². The van der Waals surface area contributed by atoms with Crippen molar-refractivity contribution < 1.29 is 0 Å². The van der Waals surface area contributed by atoms with E-state index < -0.39 is 0 Å². The minimum absolute atomic E-state index is 0.0401. The number of aliphatic imine (C=N–C) groups is 2. The van der Waals surface area contributed by atoms with Crippen LogP contribution in [0.2, 0.25) is 0 Å². The molecule has 0 radical (unpaired) electrons. The lowest BCUT2D eigenvalue weighted by Crippen LogP contribution is -2.15. The molecule has 0 fully saturated rings. The summed E-state index contributed by atoms with van der Waals surface area (Å²) in [6.07, 6.45) is 4.00. The molecule has 49 heavy (non-hydrogen) atoms. The molecule has 0 aliphatic carbocycles. The van der Waals surface area contributed by atoms with Crippen molar-refractivity contribution in [1.29, 1.82) is 0 Å². The molecule has 0 unspecified atom stereocenters. The second-order valence-corrected chi connectivity index (χ2v) is 16.1. The Labute approximate surface area is 294 Å². The van der Waals surface area contributed by atoms with E-state index in [0.29, 0.717) is 0 Å². The molecule has 7 heteroatoms. The fourth-order valence-corrected chi connectivity index (χ4v) is 9.22. The van der Waals surface area contributed by atoms with Crippen molar-refractivity contribution >= 4 is 66.2 Å². The third-order valence-electron chi connectivity index (χ3n) is 9.33. The topological polar surface area (TPSA) is 55.4 Å². The van der Waals surface area contributed by atoms with E-state index >= 15 is 0 Å². The van der Waals surface area contributed by atoms with Gasteiger partial charge >= 0.3 is 0 Å². The number of pyridine rings is 2. The first-order valence-electron chi connectivity index (χ1n) is 16.7. The van der Waals surface area contributed by atoms with E-state index in [0.717, 1.165) is 60.9 Å². The summed E-state index contributed by atoms with van der Waals surface area (Å²) in [5.74, 6) is 1.96. The molecule has 0 amide bonds. The first kappa shape index (κ1) is 30.3. The minimum atomic E-state index is -0.0480. The second-order valence-electron chi connectivity index (χ2n) is 14.2. The number of hydrogen-bond acceptors (Lipinski definition) is 6. The van der Waals surface area contributed by atoms with Crippen LogP contribution >= 0.6 is 23.5 Å². The van der Waals surface area contributed by atoms with E-state index in [2.05, 4.69) is 135 Å². The van der Waals surface area contributed by atoms with Crippen molar-refractivity contribution in [3.05, 3.63) is 127 Å². The Morgan fingerprint density at radius 3 is 1.73 bits per heavy atom. The van der Waals surface area contributed by atoms with Gasteiger partial charge in [-0.2, -0.15) is 0 Å². The molecule has 3 aromatic heterocycles. The second kappa shape index (κ2) is 11.4. The fourth-order valence-electron chi connectivity index (χ4n) is 6.95. The Kier molecular flexibility index (Phi) is 7.08. The molecule has 0 spiro atoms. The summed E-state index contributed by atoms with van der Waals surface area (Å²) in [4.78, 5) is 19.6. The quantitative estimate of drug-likeness (QED) is 0.182. The summed E-state index contributed by atoms with van der Waals surface area (Å²) in [6.45, 7) is 8.70. The zero-order valence-electron chi connectivity index (χ0n) is 27.9. The highest BCUT2D eigenvalue weighted by molar-refractivity contribution is 8.15. The van der Waals surface area contributed by atoms with Gasteiger partial charge in [-0.1, -0.05) is 66.7 Å². The summed E-state index contributed by atoms with van der Waals surface area (Å²) >= 11 is 3.58. The predicted molar refractivity (Wildman–Crippen MR) is 211 cm³/mol. The van der Waals surface area contributed by atoms with Gasteiger partial charge in [0, 0.05) is 51.5 Å². The van der Waals surface area contributed by atoms with Crippen LogP contribution in [0.15, 0.2) is 126 Å². The van der Waals surface area contributed by atoms with Gasteiger partial charge in [-0.25, -0.2) is 0 Å². The van der Waals surface area contributed by atoms with Crippen LogP contribution in [-0.2, 0) is 0 Å². The van der Waals surface area contributed by atoms with Gasteiger partial charge in [-0.15, -0.1) is 23.5 Å². The Bertz CT molecular complexity index is 2470. The molecule has 0 saturated carbocycles. The Morgan fingerprint density at radius 1 is 0.551 bits per heavy atom. The first-order chi connectivity index (χ1) is 23.7. The van der Waals surface area contributed by atoms with Crippen LogP contribution in [0, 0.1) is 0 Å². The minimum Gasteiger partial charge on any atom is -0.309 e. The molecule has 2 aliphatic rings. The lowest BCUT2D eigenvalue weighted by molar-refractivity contribution is 0.604. The summed E-state index contributed by atoms with van der Waals surface area (Å²) in [6, 6.07) is 37.2. The first-order valence-corrected chi connectivity index (χ1v) is 18.6. The van der Waals surface area contributed by atoms with Crippen molar-refractivity contribution in [2.75, 3.05) is 11.5 Å². The van der Waals surface area contributed by atoms with Gasteiger partial charge in [-0.3, -0.25) is 20.0 Å². The number of hydrogen-bond donors (Lipinski definition) is 0. The van der Waals surface area contributed by atoms with E-state index in [-0.39, 0.29) is 11.1 Å². The smallest absolute Gasteiger partial charge is 0.117 e. The molecule has 4 aromatic carbocycles. The Hall–Kier alpha value is -4.72. The highest BCUT2D eigenvalue weighted by Gasteiger charge is 2.28. The van der Waals surface area contributed by atoms with Gasteiger partial charge in [0.25, 0.3) is 0 Å². The molecule has 5 nitrogen and oxygen atoms in total. The van der Waals surface area contributed by atoms with Crippen molar-refractivity contribution in [3.8, 4) is 27.9 Å². The van der Waals surface area contributed by atoms with Gasteiger partial charge in [0.2, 0.25) is 0 Å². The molecular formula is C42H35N5S2. The molecule has 0 bridgehead atoms. The lowest BCUT2D eigenvalue weighted by atomic mass is 9.95. The predicted octanol–water partition coefficient (Wildman–Crippen LogP) is 10.6. The molecule has 240 valence electrons. The van der Waals surface area contributed by atoms with Gasteiger partial charge < -0.3 is 4.57 Å². The lowest BCUT2D eigenvalue weighted by Gasteiger charge is -2.12. The van der Waals surface area contributed by atoms with Crippen molar-refractivity contribution in [3.63, 3.8) is 0 Å². The van der Waals surface area contributed by atoms with E-state index in [1.165, 1.54) is 32.6 Å². The van der Waals surface area contributed by atoms with E-state index in [4.69, 9.17) is 20.0 Å². The summed E-state index contributed by atoms with van der Waals surface area (Å²) in [5.41, 5.74) is 9.73. The van der Waals surface area contributed by atoms with Crippen LogP contribution in [0.5, 0.6) is 0 Å². The fraction of sp³-hybridized carbons (Fsp3) is 0.190.